The van der Waals surface area contributed by atoms with Crippen LogP contribution in [0.15, 0.2) is 97.1 Å². The zero-order valence-electron chi connectivity index (χ0n) is 27.3. The van der Waals surface area contributed by atoms with Gasteiger partial charge in [-0.2, -0.15) is 0 Å². The van der Waals surface area contributed by atoms with Crippen molar-refractivity contribution in [2.45, 2.75) is 41.5 Å². The van der Waals surface area contributed by atoms with Gasteiger partial charge in [-0.1, -0.05) is 112 Å². The normalized spacial score (nSPS) is 13.3. The first-order valence-corrected chi connectivity index (χ1v) is 16.6. The van der Waals surface area contributed by atoms with Crippen LogP contribution < -0.4 is 21.9 Å². The van der Waals surface area contributed by atoms with Crippen molar-refractivity contribution in [3.63, 3.8) is 0 Å². The monoisotopic (exact) mass is 588 g/mol. The van der Waals surface area contributed by atoms with Crippen LogP contribution in [-0.2, 0) is 0 Å². The number of rotatable bonds is 2. The number of hydrogen-bond donors (Lipinski definition) is 0. The van der Waals surface area contributed by atoms with Crippen molar-refractivity contribution in [2.75, 3.05) is 0 Å². The molecule has 0 radical (unpaired) electrons. The summed E-state index contributed by atoms with van der Waals surface area (Å²) in [7, 11) is 0. The van der Waals surface area contributed by atoms with Crippen LogP contribution in [0.4, 0.5) is 0 Å². The van der Waals surface area contributed by atoms with Crippen LogP contribution >= 0.6 is 0 Å². The minimum Gasteiger partial charge on any atom is -0.375 e. The molecule has 6 aromatic carbocycles. The number of aromatic nitrogens is 2. The molecule has 2 aliphatic heterocycles. The molecule has 2 aliphatic rings. The van der Waals surface area contributed by atoms with Crippen LogP contribution in [0.5, 0.6) is 0 Å². The van der Waals surface area contributed by atoms with Crippen LogP contribution in [0.2, 0.25) is 0 Å². The Morgan fingerprint density at radius 3 is 1.26 bits per heavy atom. The number of para-hydroxylation sites is 2. The molecule has 0 bridgehead atoms. The fourth-order valence-electron chi connectivity index (χ4n) is 9.84. The summed E-state index contributed by atoms with van der Waals surface area (Å²) in [5.41, 5.74) is 22.0. The summed E-state index contributed by atoms with van der Waals surface area (Å²) in [6, 6.07) is 37.4. The van der Waals surface area contributed by atoms with Crippen molar-refractivity contribution >= 4 is 79.2 Å². The molecule has 0 aliphatic carbocycles. The van der Waals surface area contributed by atoms with E-state index in [1.165, 1.54) is 110 Å². The van der Waals surface area contributed by atoms with E-state index in [2.05, 4.69) is 148 Å². The highest BCUT2D eigenvalue weighted by molar-refractivity contribution is 6.92. The number of nitrogens with zero attached hydrogens (tertiary/aromatic N) is 2. The van der Waals surface area contributed by atoms with Crippen molar-refractivity contribution in [1.82, 2.24) is 8.96 Å². The highest BCUT2D eigenvalue weighted by atomic mass is 15.0. The van der Waals surface area contributed by atoms with Crippen molar-refractivity contribution in [3.8, 4) is 11.1 Å². The largest absolute Gasteiger partial charge is 0.375 e. The smallest absolute Gasteiger partial charge is 0.329 e. The summed E-state index contributed by atoms with van der Waals surface area (Å²) in [6.45, 7) is 13.9. The molecule has 0 saturated carbocycles. The van der Waals surface area contributed by atoms with E-state index in [1.807, 2.05) is 0 Å². The maximum atomic E-state index is 2.70. The van der Waals surface area contributed by atoms with Crippen LogP contribution in [0, 0.1) is 41.5 Å². The number of hydrogen-bond acceptors (Lipinski definition) is 0. The lowest BCUT2D eigenvalue weighted by atomic mass is 9.40. The molecule has 0 N–H and O–H groups in total. The molecule has 4 heteroatoms. The summed E-state index contributed by atoms with van der Waals surface area (Å²) in [5.74, 6) is 0. The first-order valence-electron chi connectivity index (χ1n) is 16.6. The molecule has 2 aromatic heterocycles. The maximum absolute atomic E-state index is 2.70. The van der Waals surface area contributed by atoms with E-state index >= 15 is 0 Å². The molecular formula is C42H34B2N2. The van der Waals surface area contributed by atoms with Gasteiger partial charge in [-0.15, -0.1) is 0 Å². The summed E-state index contributed by atoms with van der Waals surface area (Å²) < 4.78 is 5.39. The molecule has 0 amide bonds. The first-order chi connectivity index (χ1) is 22.3. The van der Waals surface area contributed by atoms with Gasteiger partial charge in [-0.3, -0.25) is 0 Å². The lowest BCUT2D eigenvalue weighted by Crippen LogP contribution is -2.59. The number of fused-ring (bicyclic) bond motifs is 6. The summed E-state index contributed by atoms with van der Waals surface area (Å²) >= 11 is 0. The molecule has 0 saturated heterocycles. The van der Waals surface area contributed by atoms with Crippen molar-refractivity contribution in [3.05, 3.63) is 130 Å². The lowest BCUT2D eigenvalue weighted by Gasteiger charge is -2.36. The van der Waals surface area contributed by atoms with E-state index < -0.39 is 0 Å². The van der Waals surface area contributed by atoms with Crippen LogP contribution in [-0.4, -0.2) is 22.7 Å². The second kappa shape index (κ2) is 8.85. The Balaban J connectivity index is 1.50. The Kier molecular flexibility index (Phi) is 5.06. The zero-order chi connectivity index (χ0) is 31.2. The van der Waals surface area contributed by atoms with Crippen molar-refractivity contribution in [1.29, 1.82) is 0 Å². The standard InChI is InChI=1S/C42H34B2N2/c1-23-18-25(3)39(26(4)19-23)43-33-14-11-15-34-37(33)38-41-31(29-12-7-9-16-35(29)45(41)43)22-32-30-13-8-10-17-36(30)46(42(32)38)44(34)40-27(5)20-24(2)21-28(40)6/h7-22H,1-6H3. The highest BCUT2D eigenvalue weighted by Crippen LogP contribution is 2.47. The van der Waals surface area contributed by atoms with Gasteiger partial charge < -0.3 is 8.96 Å². The molecule has 0 atom stereocenters. The predicted molar refractivity (Wildman–Crippen MR) is 200 cm³/mol. The second-order valence-electron chi connectivity index (χ2n) is 14.1. The van der Waals surface area contributed by atoms with E-state index in [4.69, 9.17) is 0 Å². The third kappa shape index (κ3) is 3.10. The summed E-state index contributed by atoms with van der Waals surface area (Å²) in [4.78, 5) is 0. The molecular weight excluding hydrogens is 554 g/mol. The van der Waals surface area contributed by atoms with E-state index in [0.717, 1.165) is 0 Å². The van der Waals surface area contributed by atoms with Gasteiger partial charge in [0.2, 0.25) is 0 Å². The molecule has 218 valence electrons. The topological polar surface area (TPSA) is 9.86 Å². The Hall–Kier alpha value is -4.95. The minimum atomic E-state index is 0.0830. The fourth-order valence-corrected chi connectivity index (χ4v) is 9.84. The van der Waals surface area contributed by atoms with Crippen molar-refractivity contribution in [2.24, 2.45) is 0 Å². The molecule has 4 heterocycles. The molecule has 0 unspecified atom stereocenters. The SMILES string of the molecule is Cc1cc(C)c(B2c3cccc4c3-c3c5c(cc6c7ccccc7n(c36)B4c3c(C)cc(C)cc3C)c3ccccc3n52)c(C)c1. The zero-order valence-corrected chi connectivity index (χ0v) is 27.3. The Bertz CT molecular complexity index is 2450. The van der Waals surface area contributed by atoms with Gasteiger partial charge in [0.05, 0.1) is 0 Å². The van der Waals surface area contributed by atoms with E-state index in [-0.39, 0.29) is 13.7 Å². The third-order valence-corrected chi connectivity index (χ3v) is 11.2. The average Bonchev–Trinajstić information content (AvgIpc) is 3.53. The average molecular weight is 588 g/mol. The van der Waals surface area contributed by atoms with Gasteiger partial charge in [-0.25, -0.2) is 0 Å². The Morgan fingerprint density at radius 2 is 0.826 bits per heavy atom. The fraction of sp³-hybridized carbons (Fsp3) is 0.143. The molecule has 0 spiro atoms. The summed E-state index contributed by atoms with van der Waals surface area (Å²) in [6.07, 6.45) is 0. The molecule has 10 rings (SSSR count). The van der Waals surface area contributed by atoms with E-state index in [1.54, 1.807) is 0 Å². The molecule has 2 nitrogen and oxygen atoms in total. The Morgan fingerprint density at radius 1 is 0.413 bits per heavy atom. The second-order valence-corrected chi connectivity index (χ2v) is 14.1. The highest BCUT2D eigenvalue weighted by Gasteiger charge is 2.44. The minimum absolute atomic E-state index is 0.0830. The van der Waals surface area contributed by atoms with Gasteiger partial charge in [0.15, 0.2) is 0 Å². The van der Waals surface area contributed by atoms with Crippen LogP contribution in [0.3, 0.4) is 0 Å². The quantitative estimate of drug-likeness (QED) is 0.187. The molecule has 0 fully saturated rings. The van der Waals surface area contributed by atoms with Gasteiger partial charge in [0.1, 0.15) is 0 Å². The first kappa shape index (κ1) is 26.3. The van der Waals surface area contributed by atoms with Gasteiger partial charge in [-0.05, 0) is 87.2 Å². The summed E-state index contributed by atoms with van der Waals surface area (Å²) in [5, 5.41) is 5.38. The Labute approximate surface area is 270 Å². The molecule has 8 aromatic rings. The molecule has 46 heavy (non-hydrogen) atoms. The number of benzene rings is 6. The van der Waals surface area contributed by atoms with Gasteiger partial charge in [0, 0.05) is 49.2 Å². The van der Waals surface area contributed by atoms with Crippen molar-refractivity contribution < 1.29 is 0 Å². The van der Waals surface area contributed by atoms with Gasteiger partial charge in [0.25, 0.3) is 0 Å². The van der Waals surface area contributed by atoms with Crippen LogP contribution in [0.25, 0.3) is 54.7 Å². The van der Waals surface area contributed by atoms with E-state index in [0.29, 0.717) is 0 Å². The van der Waals surface area contributed by atoms with E-state index in [9.17, 15) is 0 Å². The van der Waals surface area contributed by atoms with Gasteiger partial charge >= 0.3 is 13.7 Å². The maximum Gasteiger partial charge on any atom is 0.329 e. The lowest BCUT2D eigenvalue weighted by molar-refractivity contribution is 1.27. The number of aryl methyl sites for hydroxylation is 6. The predicted octanol–water partition coefficient (Wildman–Crippen LogP) is 7.35. The third-order valence-electron chi connectivity index (χ3n) is 11.2. The van der Waals surface area contributed by atoms with Crippen LogP contribution in [0.1, 0.15) is 33.4 Å².